The normalized spacial score (nSPS) is 35.9. The molecule has 6 N–H and O–H groups in total. The Labute approximate surface area is 309 Å². The van der Waals surface area contributed by atoms with Crippen LogP contribution in [0.4, 0.5) is 0 Å². The molecule has 11 atom stereocenters. The molecule has 294 valence electrons. The van der Waals surface area contributed by atoms with E-state index in [-0.39, 0.29) is 5.41 Å². The molecule has 0 spiro atoms. The van der Waals surface area contributed by atoms with Gasteiger partial charge in [0.2, 0.25) is 0 Å². The zero-order valence-electron chi connectivity index (χ0n) is 33.7. The average Bonchev–Trinajstić information content (AvgIpc) is 3.47. The maximum atomic E-state index is 7.09. The van der Waals surface area contributed by atoms with Gasteiger partial charge >= 0.3 is 0 Å². The fourth-order valence-corrected chi connectivity index (χ4v) is 11.9. The highest BCUT2D eigenvalue weighted by Crippen LogP contribution is 2.69. The number of fused-ring (bicyclic) bond motifs is 5. The van der Waals surface area contributed by atoms with E-state index in [0.29, 0.717) is 78.9 Å². The van der Waals surface area contributed by atoms with Crippen molar-refractivity contribution >= 4 is 0 Å². The largest absolute Gasteiger partial charge is 0.378 e. The molecule has 0 aromatic rings. The molecule has 0 radical (unpaired) electrons. The number of hydrogen-bond acceptors (Lipinski definition) is 7. The first-order valence-corrected chi connectivity index (χ1v) is 22.0. The molecular weight excluding hydrogens is 620 g/mol. The smallest absolute Gasteiger partial charge is 0.0637 e. The van der Waals surface area contributed by atoms with Crippen LogP contribution in [0.25, 0.3) is 0 Å². The molecule has 0 saturated heterocycles. The van der Waals surface area contributed by atoms with Crippen LogP contribution in [0, 0.1) is 46.3 Å². The van der Waals surface area contributed by atoms with E-state index in [2.05, 4.69) is 39.5 Å². The van der Waals surface area contributed by atoms with Crippen LogP contribution in [0.2, 0.25) is 0 Å². The molecule has 4 aliphatic carbocycles. The fraction of sp³-hybridized carbons (Fsp3) is 1.00. The molecule has 0 aliphatic heterocycles. The monoisotopic (exact) mass is 705 g/mol. The molecule has 0 heterocycles. The quantitative estimate of drug-likeness (QED) is 0.0823. The van der Waals surface area contributed by atoms with E-state index in [1.54, 1.807) is 0 Å². The molecular formula is C43H84N4O3. The van der Waals surface area contributed by atoms with Crippen molar-refractivity contribution in [2.75, 3.05) is 59.1 Å². The van der Waals surface area contributed by atoms with Crippen LogP contribution in [-0.4, -0.2) is 82.3 Å². The van der Waals surface area contributed by atoms with Crippen LogP contribution < -0.4 is 17.2 Å². The van der Waals surface area contributed by atoms with Crippen molar-refractivity contribution < 1.29 is 14.2 Å². The van der Waals surface area contributed by atoms with Crippen molar-refractivity contribution in [3.8, 4) is 0 Å². The molecule has 4 saturated carbocycles. The molecule has 0 bridgehead atoms. The van der Waals surface area contributed by atoms with Crippen LogP contribution in [-0.2, 0) is 14.2 Å². The Morgan fingerprint density at radius 2 is 1.30 bits per heavy atom. The highest BCUT2D eigenvalue weighted by atomic mass is 16.5. The molecule has 7 nitrogen and oxygen atoms in total. The fourth-order valence-electron chi connectivity index (χ4n) is 11.9. The number of nitrogens with zero attached hydrogens (tertiary/aromatic N) is 1. The van der Waals surface area contributed by atoms with E-state index >= 15 is 0 Å². The molecule has 7 heteroatoms. The van der Waals surface area contributed by atoms with Gasteiger partial charge in [-0.05, 0) is 170 Å². The Balaban J connectivity index is 1.53. The molecule has 0 amide bonds. The van der Waals surface area contributed by atoms with Crippen molar-refractivity contribution in [3.63, 3.8) is 0 Å². The van der Waals surface area contributed by atoms with Gasteiger partial charge in [0.25, 0.3) is 0 Å². The second kappa shape index (κ2) is 21.6. The van der Waals surface area contributed by atoms with Gasteiger partial charge < -0.3 is 36.3 Å². The van der Waals surface area contributed by atoms with E-state index in [1.165, 1.54) is 110 Å². The Morgan fingerprint density at radius 3 is 1.94 bits per heavy atom. The maximum absolute atomic E-state index is 7.09. The molecule has 2 unspecified atom stereocenters. The van der Waals surface area contributed by atoms with Crippen molar-refractivity contribution in [1.29, 1.82) is 0 Å². The summed E-state index contributed by atoms with van der Waals surface area (Å²) in [6, 6.07) is 0. The van der Waals surface area contributed by atoms with Crippen molar-refractivity contribution in [2.24, 2.45) is 63.5 Å². The third-order valence-corrected chi connectivity index (χ3v) is 14.8. The lowest BCUT2D eigenvalue weighted by Crippen LogP contribution is -2.63. The van der Waals surface area contributed by atoms with E-state index in [9.17, 15) is 0 Å². The number of ether oxygens (including phenoxy) is 3. The molecule has 0 aromatic heterocycles. The average molecular weight is 705 g/mol. The zero-order valence-corrected chi connectivity index (χ0v) is 33.7. The van der Waals surface area contributed by atoms with Gasteiger partial charge in [0.05, 0.1) is 18.3 Å². The first kappa shape index (κ1) is 42.5. The van der Waals surface area contributed by atoms with E-state index < -0.39 is 0 Å². The first-order chi connectivity index (χ1) is 24.3. The standard InChI is InChI=1S/C43H84N4O3/c1-6-8-10-24-47(25-11-9-7-2)26-12-16-33(3)36-17-18-37-41-38(32-40(43(36,37)5)50-29-15-23-46)42(4)20-19-35(48-27-13-21-44)30-34(42)31-39(41)49-28-14-22-45/h33-41H,6-32,44-46H2,1-5H3/t33-,34?,35-,36-,37+,38+,39-,40+,41?,42+,43-/m1/s1. The van der Waals surface area contributed by atoms with E-state index in [4.69, 9.17) is 31.4 Å². The third kappa shape index (κ3) is 10.5. The summed E-state index contributed by atoms with van der Waals surface area (Å²) in [7, 11) is 0. The minimum absolute atomic E-state index is 0.179. The number of hydrogen-bond donors (Lipinski definition) is 3. The van der Waals surface area contributed by atoms with Gasteiger partial charge in [0.15, 0.2) is 0 Å². The van der Waals surface area contributed by atoms with Gasteiger partial charge in [-0.25, -0.2) is 0 Å². The Kier molecular flexibility index (Phi) is 18.3. The summed E-state index contributed by atoms with van der Waals surface area (Å²) < 4.78 is 20.5. The summed E-state index contributed by atoms with van der Waals surface area (Å²) >= 11 is 0. The highest BCUT2D eigenvalue weighted by molar-refractivity contribution is 5.15. The minimum atomic E-state index is 0.179. The van der Waals surface area contributed by atoms with Gasteiger partial charge in [0.1, 0.15) is 0 Å². The summed E-state index contributed by atoms with van der Waals surface area (Å²) in [5.41, 5.74) is 18.3. The van der Waals surface area contributed by atoms with E-state index in [0.717, 1.165) is 45.5 Å². The number of rotatable bonds is 25. The Hall–Kier alpha value is -0.280. The SMILES string of the molecule is CCCCCN(CCCCC)CCC[C@@H](C)[C@H]1CC[C@H]2C3[C@H](OCCCN)CC4C[C@H](OCCCN)CC[C@]4(C)[C@H]3C[C@H](OCCCN)[C@]12C. The first-order valence-electron chi connectivity index (χ1n) is 22.0. The lowest BCUT2D eigenvalue weighted by molar-refractivity contribution is -0.227. The molecule has 0 aromatic carbocycles. The predicted molar refractivity (Wildman–Crippen MR) is 210 cm³/mol. The van der Waals surface area contributed by atoms with Gasteiger partial charge in [-0.1, -0.05) is 60.3 Å². The maximum Gasteiger partial charge on any atom is 0.0637 e. The number of nitrogens with two attached hydrogens (primary N) is 3. The molecule has 4 rings (SSSR count). The summed E-state index contributed by atoms with van der Waals surface area (Å²) in [5, 5.41) is 0. The Morgan fingerprint density at radius 1 is 0.680 bits per heavy atom. The summed E-state index contributed by atoms with van der Waals surface area (Å²) in [6.45, 7) is 20.9. The van der Waals surface area contributed by atoms with Gasteiger partial charge in [-0.3, -0.25) is 0 Å². The molecule has 4 fully saturated rings. The van der Waals surface area contributed by atoms with E-state index in [1.807, 2.05) is 0 Å². The second-order valence-electron chi connectivity index (χ2n) is 17.9. The summed E-state index contributed by atoms with van der Waals surface area (Å²) in [4.78, 5) is 2.79. The predicted octanol–water partition coefficient (Wildman–Crippen LogP) is 8.17. The van der Waals surface area contributed by atoms with Crippen LogP contribution in [0.1, 0.15) is 150 Å². The van der Waals surface area contributed by atoms with Crippen LogP contribution in [0.15, 0.2) is 0 Å². The van der Waals surface area contributed by atoms with Crippen LogP contribution in [0.3, 0.4) is 0 Å². The summed E-state index contributed by atoms with van der Waals surface area (Å²) in [5.74, 6) is 3.92. The lowest BCUT2D eigenvalue weighted by Gasteiger charge is -2.65. The second-order valence-corrected chi connectivity index (χ2v) is 17.9. The Bertz CT molecular complexity index is 915. The van der Waals surface area contributed by atoms with Crippen LogP contribution >= 0.6 is 0 Å². The zero-order chi connectivity index (χ0) is 36.0. The summed E-state index contributed by atoms with van der Waals surface area (Å²) in [6.07, 6.45) is 23.1. The minimum Gasteiger partial charge on any atom is -0.378 e. The van der Waals surface area contributed by atoms with Gasteiger partial charge in [0, 0.05) is 25.2 Å². The topological polar surface area (TPSA) is 109 Å². The highest BCUT2D eigenvalue weighted by Gasteiger charge is 2.66. The molecule has 4 aliphatic rings. The third-order valence-electron chi connectivity index (χ3n) is 14.8. The van der Waals surface area contributed by atoms with Gasteiger partial charge in [-0.2, -0.15) is 0 Å². The van der Waals surface area contributed by atoms with Crippen molar-refractivity contribution in [3.05, 3.63) is 0 Å². The van der Waals surface area contributed by atoms with Gasteiger partial charge in [-0.15, -0.1) is 0 Å². The van der Waals surface area contributed by atoms with Crippen molar-refractivity contribution in [1.82, 2.24) is 4.90 Å². The lowest BCUT2D eigenvalue weighted by atomic mass is 9.43. The number of unbranched alkanes of at least 4 members (excludes halogenated alkanes) is 4. The van der Waals surface area contributed by atoms with Crippen LogP contribution in [0.5, 0.6) is 0 Å². The van der Waals surface area contributed by atoms with Crippen molar-refractivity contribution in [2.45, 2.75) is 169 Å². The molecule has 50 heavy (non-hydrogen) atoms.